The molecular formula is C10H24N2O3S. The topological polar surface area (TPSA) is 69.6 Å². The Balaban J connectivity index is 4.11. The fraction of sp³-hybridized carbons (Fsp3) is 1.00. The molecule has 0 aliphatic rings. The first-order valence-corrected chi connectivity index (χ1v) is 7.22. The van der Waals surface area contributed by atoms with Crippen molar-refractivity contribution >= 4 is 10.2 Å². The van der Waals surface area contributed by atoms with Gasteiger partial charge in [-0.3, -0.25) is 0 Å². The van der Waals surface area contributed by atoms with Gasteiger partial charge in [-0.1, -0.05) is 13.3 Å². The third kappa shape index (κ3) is 6.42. The van der Waals surface area contributed by atoms with Gasteiger partial charge in [-0.15, -0.1) is 0 Å². The zero-order valence-electron chi connectivity index (χ0n) is 10.4. The largest absolute Gasteiger partial charge is 0.396 e. The van der Waals surface area contributed by atoms with E-state index in [1.54, 1.807) is 14.0 Å². The van der Waals surface area contributed by atoms with Crippen molar-refractivity contribution in [3.63, 3.8) is 0 Å². The Bertz CT molecular complexity index is 267. The van der Waals surface area contributed by atoms with Gasteiger partial charge in [0.2, 0.25) is 0 Å². The molecule has 0 amide bonds. The summed E-state index contributed by atoms with van der Waals surface area (Å²) in [4.78, 5) is 0. The van der Waals surface area contributed by atoms with Crippen LogP contribution in [0.25, 0.3) is 0 Å². The molecular weight excluding hydrogens is 228 g/mol. The maximum atomic E-state index is 11.8. The van der Waals surface area contributed by atoms with E-state index >= 15 is 0 Å². The summed E-state index contributed by atoms with van der Waals surface area (Å²) >= 11 is 0. The van der Waals surface area contributed by atoms with Crippen LogP contribution >= 0.6 is 0 Å². The van der Waals surface area contributed by atoms with Gasteiger partial charge in [0.05, 0.1) is 0 Å². The Morgan fingerprint density at radius 3 is 2.50 bits per heavy atom. The van der Waals surface area contributed by atoms with Crippen molar-refractivity contribution in [3.05, 3.63) is 0 Å². The first-order chi connectivity index (χ1) is 7.44. The molecule has 0 aromatic heterocycles. The van der Waals surface area contributed by atoms with E-state index in [0.717, 1.165) is 12.8 Å². The number of aliphatic hydroxyl groups excluding tert-OH is 1. The van der Waals surface area contributed by atoms with E-state index in [1.165, 1.54) is 4.31 Å². The van der Waals surface area contributed by atoms with Crippen molar-refractivity contribution < 1.29 is 13.5 Å². The lowest BCUT2D eigenvalue weighted by molar-refractivity contribution is 0.279. The molecule has 6 heteroatoms. The molecule has 0 aliphatic carbocycles. The van der Waals surface area contributed by atoms with Crippen LogP contribution in [0, 0.1) is 0 Å². The third-order valence-corrected chi connectivity index (χ3v) is 4.09. The lowest BCUT2D eigenvalue weighted by atomic mass is 10.2. The number of nitrogens with zero attached hydrogens (tertiary/aromatic N) is 1. The minimum atomic E-state index is -3.36. The Morgan fingerprint density at radius 2 is 2.00 bits per heavy atom. The summed E-state index contributed by atoms with van der Waals surface area (Å²) in [6.45, 7) is 4.47. The Hall–Kier alpha value is -0.170. The summed E-state index contributed by atoms with van der Waals surface area (Å²) in [6, 6.07) is -0.138. The molecule has 0 rings (SSSR count). The number of nitrogens with one attached hydrogen (secondary N) is 1. The van der Waals surface area contributed by atoms with Crippen molar-refractivity contribution in [2.75, 3.05) is 20.2 Å². The maximum absolute atomic E-state index is 11.8. The highest BCUT2D eigenvalue weighted by Crippen LogP contribution is 2.02. The molecule has 0 saturated carbocycles. The van der Waals surface area contributed by atoms with Crippen LogP contribution in [0.4, 0.5) is 0 Å². The molecule has 0 aromatic carbocycles. The second-order valence-electron chi connectivity index (χ2n) is 4.06. The minimum Gasteiger partial charge on any atom is -0.396 e. The van der Waals surface area contributed by atoms with Crippen molar-refractivity contribution in [2.45, 2.75) is 45.6 Å². The number of hydrogen-bond donors (Lipinski definition) is 2. The normalized spacial score (nSPS) is 14.3. The van der Waals surface area contributed by atoms with Gasteiger partial charge in [0.1, 0.15) is 0 Å². The van der Waals surface area contributed by atoms with Gasteiger partial charge in [-0.05, 0) is 26.2 Å². The van der Waals surface area contributed by atoms with Crippen molar-refractivity contribution in [1.29, 1.82) is 0 Å². The van der Waals surface area contributed by atoms with Crippen LogP contribution in [0.15, 0.2) is 0 Å². The van der Waals surface area contributed by atoms with Crippen molar-refractivity contribution in [3.8, 4) is 0 Å². The van der Waals surface area contributed by atoms with Gasteiger partial charge >= 0.3 is 0 Å². The Morgan fingerprint density at radius 1 is 1.38 bits per heavy atom. The van der Waals surface area contributed by atoms with E-state index in [2.05, 4.69) is 4.72 Å². The van der Waals surface area contributed by atoms with Gasteiger partial charge in [-0.25, -0.2) is 0 Å². The van der Waals surface area contributed by atoms with E-state index in [4.69, 9.17) is 5.11 Å². The van der Waals surface area contributed by atoms with Gasteiger partial charge in [0.25, 0.3) is 10.2 Å². The third-order valence-electron chi connectivity index (χ3n) is 2.38. The average Bonchev–Trinajstić information content (AvgIpc) is 2.22. The van der Waals surface area contributed by atoms with E-state index in [1.807, 2.05) is 6.92 Å². The molecule has 98 valence electrons. The van der Waals surface area contributed by atoms with Crippen LogP contribution in [0.2, 0.25) is 0 Å². The van der Waals surface area contributed by atoms with Crippen LogP contribution in [-0.4, -0.2) is 44.1 Å². The van der Waals surface area contributed by atoms with Crippen LogP contribution < -0.4 is 4.72 Å². The molecule has 0 heterocycles. The quantitative estimate of drug-likeness (QED) is 0.635. The molecule has 16 heavy (non-hydrogen) atoms. The summed E-state index contributed by atoms with van der Waals surface area (Å²) in [6.07, 6.45) is 3.10. The van der Waals surface area contributed by atoms with Crippen molar-refractivity contribution in [1.82, 2.24) is 9.03 Å². The van der Waals surface area contributed by atoms with Crippen LogP contribution in [0.5, 0.6) is 0 Å². The van der Waals surface area contributed by atoms with Gasteiger partial charge in [0, 0.05) is 26.2 Å². The summed E-state index contributed by atoms with van der Waals surface area (Å²) in [5.41, 5.74) is 0. The number of hydrogen-bond acceptors (Lipinski definition) is 3. The predicted molar refractivity (Wildman–Crippen MR) is 65.4 cm³/mol. The molecule has 0 radical (unpaired) electrons. The fourth-order valence-electron chi connectivity index (χ4n) is 1.30. The standard InChI is InChI=1S/C10H24N2O3S/c1-4-5-8-12(3)16(14,15)11-10(2)7-6-9-13/h10-11,13H,4-9H2,1-3H3. The predicted octanol–water partition coefficient (Wildman–Crippen LogP) is 0.714. The number of aliphatic hydroxyl groups is 1. The molecule has 0 fully saturated rings. The lowest BCUT2D eigenvalue weighted by Gasteiger charge is -2.20. The zero-order valence-corrected chi connectivity index (χ0v) is 11.3. The lowest BCUT2D eigenvalue weighted by Crippen LogP contribution is -2.42. The molecule has 0 bridgehead atoms. The van der Waals surface area contributed by atoms with E-state index in [-0.39, 0.29) is 12.6 Å². The van der Waals surface area contributed by atoms with Gasteiger partial charge < -0.3 is 5.11 Å². The second-order valence-corrected chi connectivity index (χ2v) is 5.87. The highest BCUT2D eigenvalue weighted by molar-refractivity contribution is 7.87. The second kappa shape index (κ2) is 8.00. The Labute approximate surface area is 99.0 Å². The molecule has 2 N–H and O–H groups in total. The minimum absolute atomic E-state index is 0.0950. The highest BCUT2D eigenvalue weighted by atomic mass is 32.2. The SMILES string of the molecule is CCCCN(C)S(=O)(=O)NC(C)CCCO. The van der Waals surface area contributed by atoms with Crippen molar-refractivity contribution in [2.24, 2.45) is 0 Å². The zero-order chi connectivity index (χ0) is 12.6. The van der Waals surface area contributed by atoms with Crippen LogP contribution in [-0.2, 0) is 10.2 Å². The van der Waals surface area contributed by atoms with E-state index < -0.39 is 10.2 Å². The molecule has 1 atom stereocenters. The van der Waals surface area contributed by atoms with Crippen LogP contribution in [0.1, 0.15) is 39.5 Å². The first-order valence-electron chi connectivity index (χ1n) is 5.78. The number of rotatable bonds is 9. The molecule has 0 aromatic rings. The van der Waals surface area contributed by atoms with Gasteiger partial charge in [-0.2, -0.15) is 17.4 Å². The summed E-state index contributed by atoms with van der Waals surface area (Å²) in [5.74, 6) is 0. The highest BCUT2D eigenvalue weighted by Gasteiger charge is 2.19. The summed E-state index contributed by atoms with van der Waals surface area (Å²) < 4.78 is 27.5. The molecule has 1 unspecified atom stereocenters. The first kappa shape index (κ1) is 15.8. The molecule has 0 spiro atoms. The van der Waals surface area contributed by atoms with E-state index in [9.17, 15) is 8.42 Å². The summed E-state index contributed by atoms with van der Waals surface area (Å²) in [5, 5.41) is 8.65. The monoisotopic (exact) mass is 252 g/mol. The maximum Gasteiger partial charge on any atom is 0.279 e. The molecule has 5 nitrogen and oxygen atoms in total. The fourth-order valence-corrected chi connectivity index (χ4v) is 2.48. The summed E-state index contributed by atoms with van der Waals surface area (Å²) in [7, 11) is -1.78. The smallest absolute Gasteiger partial charge is 0.279 e. The number of unbranched alkanes of at least 4 members (excludes halogenated alkanes) is 1. The van der Waals surface area contributed by atoms with E-state index in [0.29, 0.717) is 19.4 Å². The van der Waals surface area contributed by atoms with Crippen LogP contribution in [0.3, 0.4) is 0 Å². The molecule has 0 aliphatic heterocycles. The Kier molecular flexibility index (Phi) is 7.91. The van der Waals surface area contributed by atoms with Gasteiger partial charge in [0.15, 0.2) is 0 Å². The molecule has 0 saturated heterocycles. The average molecular weight is 252 g/mol.